The van der Waals surface area contributed by atoms with Crippen molar-refractivity contribution in [3.63, 3.8) is 0 Å². The number of halogens is 1. The number of ketones is 1. The zero-order valence-corrected chi connectivity index (χ0v) is 12.0. The molecule has 1 atom stereocenters. The van der Waals surface area contributed by atoms with Crippen LogP contribution in [0.2, 0.25) is 0 Å². The number of hydrogen-bond donors (Lipinski definition) is 1. The summed E-state index contributed by atoms with van der Waals surface area (Å²) >= 11 is 2.27. The normalized spacial score (nSPS) is 12.4. The Morgan fingerprint density at radius 2 is 2.00 bits per heavy atom. The van der Waals surface area contributed by atoms with Crippen LogP contribution in [0.1, 0.15) is 25.8 Å². The van der Waals surface area contributed by atoms with Crippen molar-refractivity contribution in [1.29, 1.82) is 0 Å². The minimum atomic E-state index is 0.279. The molecule has 0 heterocycles. The van der Waals surface area contributed by atoms with Crippen LogP contribution in [0.5, 0.6) is 0 Å². The van der Waals surface area contributed by atoms with E-state index in [4.69, 9.17) is 0 Å². The fraction of sp³-hybridized carbons (Fsp3) is 0.462. The second-order valence-electron chi connectivity index (χ2n) is 4.00. The van der Waals surface area contributed by atoms with Gasteiger partial charge < -0.3 is 5.32 Å². The van der Waals surface area contributed by atoms with Crippen LogP contribution in [-0.4, -0.2) is 18.4 Å². The molecule has 0 aliphatic carbocycles. The summed E-state index contributed by atoms with van der Waals surface area (Å²) in [6.07, 6.45) is 1.16. The van der Waals surface area contributed by atoms with Gasteiger partial charge in [-0.1, -0.05) is 19.1 Å². The van der Waals surface area contributed by atoms with Crippen LogP contribution >= 0.6 is 22.6 Å². The quantitative estimate of drug-likeness (QED) is 0.812. The first kappa shape index (κ1) is 13.6. The van der Waals surface area contributed by atoms with Gasteiger partial charge in [-0.25, -0.2) is 0 Å². The monoisotopic (exact) mass is 331 g/mol. The second-order valence-corrected chi connectivity index (χ2v) is 5.25. The lowest BCUT2D eigenvalue weighted by atomic mass is 10.0. The number of carbonyl (C=O) groups is 1. The Kier molecular flexibility index (Phi) is 5.98. The Balaban J connectivity index is 2.42. The molecule has 16 heavy (non-hydrogen) atoms. The highest BCUT2D eigenvalue weighted by Crippen LogP contribution is 2.08. The van der Waals surface area contributed by atoms with Gasteiger partial charge in [0, 0.05) is 22.5 Å². The summed E-state index contributed by atoms with van der Waals surface area (Å²) in [5.74, 6) is 0.301. The molecule has 0 aliphatic heterocycles. The average molecular weight is 331 g/mol. The fourth-order valence-corrected chi connectivity index (χ4v) is 2.02. The van der Waals surface area contributed by atoms with Crippen molar-refractivity contribution in [3.8, 4) is 0 Å². The summed E-state index contributed by atoms with van der Waals surface area (Å²) in [5.41, 5.74) is 1.11. The van der Waals surface area contributed by atoms with Gasteiger partial charge in [0.15, 0.2) is 0 Å². The summed E-state index contributed by atoms with van der Waals surface area (Å²) in [5, 5.41) is 3.25. The van der Waals surface area contributed by atoms with E-state index in [0.717, 1.165) is 12.1 Å². The van der Waals surface area contributed by atoms with Crippen molar-refractivity contribution in [3.05, 3.63) is 33.4 Å². The number of Topliss-reactive ketones (excluding diaryl/α,β-unsaturated/α-hetero) is 1. The van der Waals surface area contributed by atoms with Crippen molar-refractivity contribution in [1.82, 2.24) is 5.32 Å². The van der Waals surface area contributed by atoms with E-state index in [0.29, 0.717) is 18.6 Å². The molecule has 0 saturated carbocycles. The van der Waals surface area contributed by atoms with Gasteiger partial charge in [-0.15, -0.1) is 0 Å². The second kappa shape index (κ2) is 7.01. The van der Waals surface area contributed by atoms with Crippen LogP contribution in [0.4, 0.5) is 0 Å². The van der Waals surface area contributed by atoms with Crippen LogP contribution < -0.4 is 5.32 Å². The Morgan fingerprint density at radius 3 is 2.56 bits per heavy atom. The van der Waals surface area contributed by atoms with E-state index < -0.39 is 0 Å². The maximum Gasteiger partial charge on any atom is 0.138 e. The van der Waals surface area contributed by atoms with Gasteiger partial charge in [-0.05, 0) is 53.8 Å². The lowest BCUT2D eigenvalue weighted by Gasteiger charge is -2.10. The lowest BCUT2D eigenvalue weighted by molar-refractivity contribution is -0.118. The molecular formula is C13H18INO. The number of rotatable bonds is 6. The average Bonchev–Trinajstić information content (AvgIpc) is 2.21. The first-order valence-corrected chi connectivity index (χ1v) is 6.69. The van der Waals surface area contributed by atoms with Crippen molar-refractivity contribution < 1.29 is 4.79 Å². The van der Waals surface area contributed by atoms with E-state index in [9.17, 15) is 4.79 Å². The largest absolute Gasteiger partial charge is 0.314 e. The van der Waals surface area contributed by atoms with Crippen molar-refractivity contribution in [2.24, 2.45) is 0 Å². The zero-order chi connectivity index (χ0) is 12.0. The molecular weight excluding hydrogens is 313 g/mol. The molecule has 3 heteroatoms. The van der Waals surface area contributed by atoms with Crippen LogP contribution in [0, 0.1) is 3.57 Å². The lowest BCUT2D eigenvalue weighted by Crippen LogP contribution is -2.28. The van der Waals surface area contributed by atoms with Gasteiger partial charge in [0.25, 0.3) is 0 Å². The van der Waals surface area contributed by atoms with E-state index in [1.807, 2.05) is 24.3 Å². The molecule has 0 radical (unpaired) electrons. The van der Waals surface area contributed by atoms with Crippen LogP contribution in [0.3, 0.4) is 0 Å². The molecule has 1 N–H and O–H groups in total. The van der Waals surface area contributed by atoms with E-state index in [1.54, 1.807) is 0 Å². The summed E-state index contributed by atoms with van der Waals surface area (Å²) in [6.45, 7) is 5.02. The van der Waals surface area contributed by atoms with Crippen molar-refractivity contribution >= 4 is 28.4 Å². The topological polar surface area (TPSA) is 29.1 Å². The first-order chi connectivity index (χ1) is 7.61. The molecule has 2 nitrogen and oxygen atoms in total. The maximum absolute atomic E-state index is 11.7. The number of benzene rings is 1. The van der Waals surface area contributed by atoms with Crippen LogP contribution in [0.15, 0.2) is 24.3 Å². The third-order valence-corrected chi connectivity index (χ3v) is 3.12. The molecule has 88 valence electrons. The Labute approximate surface area is 111 Å². The van der Waals surface area contributed by atoms with Crippen molar-refractivity contribution in [2.75, 3.05) is 6.54 Å². The van der Waals surface area contributed by atoms with E-state index in [2.05, 4.69) is 41.8 Å². The van der Waals surface area contributed by atoms with E-state index >= 15 is 0 Å². The van der Waals surface area contributed by atoms with Gasteiger partial charge in [0.2, 0.25) is 0 Å². The highest BCUT2D eigenvalue weighted by atomic mass is 127. The molecule has 0 saturated heterocycles. The molecule has 1 aromatic rings. The molecule has 0 aliphatic rings. The third kappa shape index (κ3) is 5.07. The summed E-state index contributed by atoms with van der Waals surface area (Å²) in [7, 11) is 0. The van der Waals surface area contributed by atoms with Gasteiger partial charge >= 0.3 is 0 Å². The van der Waals surface area contributed by atoms with Gasteiger partial charge in [0.1, 0.15) is 5.78 Å². The van der Waals surface area contributed by atoms with E-state index in [1.165, 1.54) is 3.57 Å². The summed E-state index contributed by atoms with van der Waals surface area (Å²) < 4.78 is 1.20. The highest BCUT2D eigenvalue weighted by Gasteiger charge is 2.08. The summed E-state index contributed by atoms with van der Waals surface area (Å²) in [6, 6.07) is 8.41. The van der Waals surface area contributed by atoms with E-state index in [-0.39, 0.29) is 6.04 Å². The maximum atomic E-state index is 11.7. The predicted molar refractivity (Wildman–Crippen MR) is 75.6 cm³/mol. The van der Waals surface area contributed by atoms with Crippen LogP contribution in [0.25, 0.3) is 0 Å². The minimum absolute atomic E-state index is 0.279. The standard InChI is InChI=1S/C13H18INO/c1-3-15-10(2)8-13(16)9-11-4-6-12(14)7-5-11/h4-7,10,15H,3,8-9H2,1-2H3. The Hall–Kier alpha value is -0.420. The molecule has 1 rings (SSSR count). The number of nitrogens with one attached hydrogen (secondary N) is 1. The Morgan fingerprint density at radius 1 is 1.38 bits per heavy atom. The molecule has 1 unspecified atom stereocenters. The molecule has 0 aromatic heterocycles. The summed E-state index contributed by atoms with van der Waals surface area (Å²) in [4.78, 5) is 11.7. The molecule has 0 amide bonds. The zero-order valence-electron chi connectivity index (χ0n) is 9.79. The van der Waals surface area contributed by atoms with Crippen molar-refractivity contribution in [2.45, 2.75) is 32.7 Å². The molecule has 0 fully saturated rings. The fourth-order valence-electron chi connectivity index (χ4n) is 1.66. The highest BCUT2D eigenvalue weighted by molar-refractivity contribution is 14.1. The van der Waals surface area contributed by atoms with Gasteiger partial charge in [0.05, 0.1) is 0 Å². The number of carbonyl (C=O) groups excluding carboxylic acids is 1. The molecule has 0 bridgehead atoms. The van der Waals surface area contributed by atoms with Gasteiger partial charge in [-0.3, -0.25) is 4.79 Å². The number of hydrogen-bond acceptors (Lipinski definition) is 2. The molecule has 1 aromatic carbocycles. The Bertz CT molecular complexity index is 334. The third-order valence-electron chi connectivity index (χ3n) is 2.40. The first-order valence-electron chi connectivity index (χ1n) is 5.61. The van der Waals surface area contributed by atoms with Crippen LogP contribution in [-0.2, 0) is 11.2 Å². The SMILES string of the molecule is CCNC(C)CC(=O)Cc1ccc(I)cc1. The smallest absolute Gasteiger partial charge is 0.138 e. The molecule has 0 spiro atoms. The minimum Gasteiger partial charge on any atom is -0.314 e. The van der Waals surface area contributed by atoms with Gasteiger partial charge in [-0.2, -0.15) is 0 Å². The predicted octanol–water partition coefficient (Wildman–Crippen LogP) is 2.79.